The largest absolute Gasteiger partial charge is 0.490 e. The molecule has 0 spiro atoms. The van der Waals surface area contributed by atoms with Crippen molar-refractivity contribution in [3.05, 3.63) is 63.0 Å². The number of rotatable bonds is 8. The maximum atomic E-state index is 12.4. The minimum Gasteiger partial charge on any atom is -0.490 e. The van der Waals surface area contributed by atoms with E-state index < -0.39 is 17.1 Å². The summed E-state index contributed by atoms with van der Waals surface area (Å²) in [4.78, 5) is 36.7. The first-order valence-corrected chi connectivity index (χ1v) is 10.6. The van der Waals surface area contributed by atoms with Gasteiger partial charge in [-0.2, -0.15) is 0 Å². The third-order valence-electron chi connectivity index (χ3n) is 4.31. The van der Waals surface area contributed by atoms with E-state index in [9.17, 15) is 14.4 Å². The van der Waals surface area contributed by atoms with Crippen LogP contribution in [0.4, 0.5) is 4.79 Å². The highest BCUT2D eigenvalue weighted by atomic mass is 35.5. The fourth-order valence-electron chi connectivity index (χ4n) is 2.90. The van der Waals surface area contributed by atoms with Gasteiger partial charge in [0.25, 0.3) is 11.1 Å². The highest BCUT2D eigenvalue weighted by Gasteiger charge is 2.34. The molecule has 1 fully saturated rings. The summed E-state index contributed by atoms with van der Waals surface area (Å²) in [5.41, 5.74) is 1.34. The summed E-state index contributed by atoms with van der Waals surface area (Å²) >= 11 is 7.22. The van der Waals surface area contributed by atoms with E-state index in [0.29, 0.717) is 23.5 Å². The summed E-state index contributed by atoms with van der Waals surface area (Å²) in [6.07, 6.45) is 6.75. The smallest absolute Gasteiger partial charge is 0.335 e. The Morgan fingerprint density at radius 2 is 2.06 bits per heavy atom. The van der Waals surface area contributed by atoms with Crippen LogP contribution in [0.2, 0.25) is 5.02 Å². The molecular formula is C23H18ClNO6S. The van der Waals surface area contributed by atoms with Gasteiger partial charge in [0.2, 0.25) is 0 Å². The van der Waals surface area contributed by atoms with Crippen LogP contribution in [0.5, 0.6) is 11.5 Å². The Labute approximate surface area is 193 Å². The number of hydrogen-bond acceptors (Lipinski definition) is 6. The van der Waals surface area contributed by atoms with Gasteiger partial charge in [0, 0.05) is 0 Å². The number of imide groups is 1. The van der Waals surface area contributed by atoms with Crippen molar-refractivity contribution in [2.24, 2.45) is 0 Å². The molecule has 7 nitrogen and oxygen atoms in total. The highest BCUT2D eigenvalue weighted by molar-refractivity contribution is 8.18. The van der Waals surface area contributed by atoms with Gasteiger partial charge in [0.05, 0.1) is 28.6 Å². The van der Waals surface area contributed by atoms with Crippen molar-refractivity contribution < 1.29 is 29.0 Å². The molecule has 1 aliphatic heterocycles. The molecule has 1 N–H and O–H groups in total. The predicted molar refractivity (Wildman–Crippen MR) is 122 cm³/mol. The summed E-state index contributed by atoms with van der Waals surface area (Å²) in [7, 11) is 0. The number of terminal acetylenes is 1. The van der Waals surface area contributed by atoms with Gasteiger partial charge in [-0.1, -0.05) is 29.7 Å². The summed E-state index contributed by atoms with van der Waals surface area (Å²) in [5.74, 6) is 1.42. The van der Waals surface area contributed by atoms with Crippen molar-refractivity contribution in [1.29, 1.82) is 0 Å². The van der Waals surface area contributed by atoms with Gasteiger partial charge in [0.15, 0.2) is 11.5 Å². The zero-order chi connectivity index (χ0) is 23.3. The molecule has 0 atom stereocenters. The van der Waals surface area contributed by atoms with Crippen molar-refractivity contribution in [1.82, 2.24) is 4.90 Å². The van der Waals surface area contributed by atoms with Gasteiger partial charge >= 0.3 is 5.97 Å². The molecule has 1 heterocycles. The first kappa shape index (κ1) is 23.3. The molecule has 0 radical (unpaired) electrons. The zero-order valence-corrected chi connectivity index (χ0v) is 18.5. The minimum atomic E-state index is -1.03. The Bertz CT molecular complexity index is 1150. The second-order valence-corrected chi connectivity index (χ2v) is 7.93. The van der Waals surface area contributed by atoms with Gasteiger partial charge in [-0.05, 0) is 60.2 Å². The van der Waals surface area contributed by atoms with Crippen molar-refractivity contribution in [2.45, 2.75) is 13.5 Å². The lowest BCUT2D eigenvalue weighted by atomic mass is 10.1. The first-order chi connectivity index (χ1) is 15.3. The molecule has 0 aliphatic carbocycles. The third kappa shape index (κ3) is 5.25. The lowest BCUT2D eigenvalue weighted by Gasteiger charge is -2.15. The molecule has 3 rings (SSSR count). The number of carboxylic acid groups (broad SMARTS) is 1. The van der Waals surface area contributed by atoms with Crippen molar-refractivity contribution in [3.63, 3.8) is 0 Å². The molecule has 0 bridgehead atoms. The number of amides is 2. The predicted octanol–water partition coefficient (Wildman–Crippen LogP) is 4.69. The van der Waals surface area contributed by atoms with Crippen molar-refractivity contribution in [3.8, 4) is 23.8 Å². The number of hydrogen-bond donors (Lipinski definition) is 1. The molecule has 164 valence electrons. The number of benzene rings is 2. The Morgan fingerprint density at radius 1 is 1.28 bits per heavy atom. The SMILES string of the molecule is C#CCN1C(=O)SC(=Cc2cc(Cl)c(OCc3cccc(C(=O)O)c3)c(OCC)c2)C1=O. The molecule has 1 aliphatic rings. The molecule has 0 saturated carbocycles. The second kappa shape index (κ2) is 10.3. The van der Waals surface area contributed by atoms with Gasteiger partial charge in [0.1, 0.15) is 6.61 Å². The van der Waals surface area contributed by atoms with Crippen LogP contribution in [0.15, 0.2) is 41.3 Å². The van der Waals surface area contributed by atoms with E-state index in [0.717, 1.165) is 16.7 Å². The fourth-order valence-corrected chi connectivity index (χ4v) is 4.01. The third-order valence-corrected chi connectivity index (χ3v) is 5.50. The van der Waals surface area contributed by atoms with E-state index in [2.05, 4.69) is 5.92 Å². The van der Waals surface area contributed by atoms with Crippen LogP contribution in [0.3, 0.4) is 0 Å². The number of carbonyl (C=O) groups is 3. The number of halogens is 1. The molecule has 0 unspecified atom stereocenters. The Hall–Kier alpha value is -3.41. The fraction of sp³-hybridized carbons (Fsp3) is 0.174. The van der Waals surface area contributed by atoms with Crippen LogP contribution < -0.4 is 9.47 Å². The molecule has 2 amide bonds. The monoisotopic (exact) mass is 471 g/mol. The van der Waals surface area contributed by atoms with Crippen molar-refractivity contribution in [2.75, 3.05) is 13.2 Å². The van der Waals surface area contributed by atoms with Crippen LogP contribution in [-0.2, 0) is 11.4 Å². The second-order valence-electron chi connectivity index (χ2n) is 6.53. The van der Waals surface area contributed by atoms with Gasteiger partial charge in [-0.25, -0.2) is 4.79 Å². The Morgan fingerprint density at radius 3 is 2.75 bits per heavy atom. The lowest BCUT2D eigenvalue weighted by molar-refractivity contribution is -0.122. The van der Waals surface area contributed by atoms with Crippen LogP contribution in [0, 0.1) is 12.3 Å². The molecule has 32 heavy (non-hydrogen) atoms. The van der Waals surface area contributed by atoms with Gasteiger partial charge in [-0.3, -0.25) is 14.5 Å². The Balaban J connectivity index is 1.86. The number of thioether (sulfide) groups is 1. The first-order valence-electron chi connectivity index (χ1n) is 9.44. The number of aromatic carboxylic acids is 1. The molecule has 2 aromatic carbocycles. The lowest BCUT2D eigenvalue weighted by Crippen LogP contribution is -2.28. The minimum absolute atomic E-state index is 0.0746. The standard InChI is InChI=1S/C23H18ClNO6S/c1-3-8-25-21(26)19(32-23(25)29)12-15-10-17(24)20(18(11-15)30-4-2)31-13-14-6-5-7-16(9-14)22(27)28/h1,5-7,9-12H,4,8,13H2,2H3,(H,27,28). The number of ether oxygens (including phenoxy) is 2. The molecule has 9 heteroatoms. The van der Waals surface area contributed by atoms with Crippen molar-refractivity contribution >= 4 is 46.6 Å². The summed E-state index contributed by atoms with van der Waals surface area (Å²) < 4.78 is 11.5. The molecular weight excluding hydrogens is 454 g/mol. The van der Waals surface area contributed by atoms with E-state index in [-0.39, 0.29) is 34.4 Å². The number of carboxylic acids is 1. The maximum Gasteiger partial charge on any atom is 0.335 e. The van der Waals surface area contributed by atoms with Crippen LogP contribution in [0.1, 0.15) is 28.4 Å². The quantitative estimate of drug-likeness (QED) is 0.441. The molecule has 1 saturated heterocycles. The molecule has 0 aromatic heterocycles. The summed E-state index contributed by atoms with van der Waals surface area (Å²) in [6.45, 7) is 2.11. The van der Waals surface area contributed by atoms with E-state index in [4.69, 9.17) is 32.6 Å². The highest BCUT2D eigenvalue weighted by Crippen LogP contribution is 2.39. The maximum absolute atomic E-state index is 12.4. The zero-order valence-electron chi connectivity index (χ0n) is 17.0. The van der Waals surface area contributed by atoms with E-state index >= 15 is 0 Å². The average molecular weight is 472 g/mol. The van der Waals surface area contributed by atoms with Crippen LogP contribution in [-0.4, -0.2) is 40.3 Å². The Kier molecular flexibility index (Phi) is 7.46. The summed E-state index contributed by atoms with van der Waals surface area (Å²) in [6, 6.07) is 9.60. The van der Waals surface area contributed by atoms with Gasteiger partial charge in [-0.15, -0.1) is 6.42 Å². The van der Waals surface area contributed by atoms with E-state index in [1.807, 2.05) is 0 Å². The average Bonchev–Trinajstić information content (AvgIpc) is 3.01. The normalized spacial score (nSPS) is 14.5. The van der Waals surface area contributed by atoms with Gasteiger partial charge < -0.3 is 14.6 Å². The van der Waals surface area contributed by atoms with E-state index in [1.165, 1.54) is 18.2 Å². The number of nitrogens with zero attached hydrogens (tertiary/aromatic N) is 1. The van der Waals surface area contributed by atoms with E-state index in [1.54, 1.807) is 31.2 Å². The topological polar surface area (TPSA) is 93.1 Å². The van der Waals surface area contributed by atoms with Crippen LogP contribution in [0.25, 0.3) is 6.08 Å². The number of carbonyl (C=O) groups excluding carboxylic acids is 2. The summed E-state index contributed by atoms with van der Waals surface area (Å²) in [5, 5.41) is 8.94. The molecule has 2 aromatic rings. The van der Waals surface area contributed by atoms with Crippen LogP contribution >= 0.6 is 23.4 Å².